The number of rotatable bonds is 8. The Bertz CT molecular complexity index is 1320. The average molecular weight is 502 g/mol. The van der Waals surface area contributed by atoms with Gasteiger partial charge < -0.3 is 19.3 Å². The fourth-order valence-electron chi connectivity index (χ4n) is 4.59. The van der Waals surface area contributed by atoms with Crippen molar-refractivity contribution in [1.29, 1.82) is 0 Å². The zero-order valence-electron chi connectivity index (χ0n) is 21.6. The van der Waals surface area contributed by atoms with E-state index < -0.39 is 17.7 Å². The summed E-state index contributed by atoms with van der Waals surface area (Å²) < 4.78 is 16.6. The van der Waals surface area contributed by atoms with Crippen molar-refractivity contribution in [3.8, 4) is 17.2 Å². The van der Waals surface area contributed by atoms with E-state index in [0.29, 0.717) is 41.0 Å². The van der Waals surface area contributed by atoms with E-state index in [1.54, 1.807) is 42.5 Å². The molecule has 0 bridgehead atoms. The summed E-state index contributed by atoms with van der Waals surface area (Å²) in [5.41, 5.74) is 2.41. The predicted octanol–water partition coefficient (Wildman–Crippen LogP) is 5.85. The first kappa shape index (κ1) is 25.8. The third kappa shape index (κ3) is 4.77. The van der Waals surface area contributed by atoms with Crippen LogP contribution in [0.4, 0.5) is 5.69 Å². The molecule has 0 saturated carbocycles. The van der Waals surface area contributed by atoms with E-state index in [1.807, 2.05) is 31.2 Å². The quantitative estimate of drug-likeness (QED) is 0.237. The highest BCUT2D eigenvalue weighted by molar-refractivity contribution is 6.51. The number of hydrogen-bond donors (Lipinski definition) is 1. The van der Waals surface area contributed by atoms with E-state index in [9.17, 15) is 14.7 Å². The molecule has 1 saturated heterocycles. The van der Waals surface area contributed by atoms with Crippen molar-refractivity contribution in [2.24, 2.45) is 0 Å². The summed E-state index contributed by atoms with van der Waals surface area (Å²) in [6, 6.07) is 18.8. The summed E-state index contributed by atoms with van der Waals surface area (Å²) in [6.45, 7) is 6.50. The zero-order valence-corrected chi connectivity index (χ0v) is 21.6. The molecule has 7 heteroatoms. The number of ether oxygens (including phenoxy) is 3. The van der Waals surface area contributed by atoms with Gasteiger partial charge in [-0.15, -0.1) is 0 Å². The van der Waals surface area contributed by atoms with Crippen LogP contribution in [0.2, 0.25) is 0 Å². The monoisotopic (exact) mass is 501 g/mol. The van der Waals surface area contributed by atoms with Crippen LogP contribution in [-0.2, 0) is 9.59 Å². The van der Waals surface area contributed by atoms with Gasteiger partial charge in [0.1, 0.15) is 28.6 Å². The summed E-state index contributed by atoms with van der Waals surface area (Å²) in [5, 5.41) is 11.6. The highest BCUT2D eigenvalue weighted by Crippen LogP contribution is 2.45. The number of methoxy groups -OCH3 is 2. The first-order chi connectivity index (χ1) is 17.8. The molecule has 37 heavy (non-hydrogen) atoms. The molecule has 4 rings (SSSR count). The van der Waals surface area contributed by atoms with Crippen molar-refractivity contribution in [2.75, 3.05) is 25.7 Å². The number of aliphatic hydroxyl groups is 1. The van der Waals surface area contributed by atoms with Crippen LogP contribution in [0.3, 0.4) is 0 Å². The lowest BCUT2D eigenvalue weighted by Crippen LogP contribution is -2.29. The van der Waals surface area contributed by atoms with Gasteiger partial charge >= 0.3 is 0 Å². The standard InChI is InChI=1S/C30H31NO6/c1-6-37-22-10-7-9-20(17-22)27-26(28(32)25-23(35-4)11-8-12-24(25)36-5)29(33)30(34)31(27)21-15-13-19(14-16-21)18(2)3/h7-18,27,32H,6H2,1-5H3/b28-26+. The number of benzene rings is 3. The molecule has 0 radical (unpaired) electrons. The normalized spacial score (nSPS) is 16.8. The SMILES string of the molecule is CCOc1cccc(C2/C(=C(\O)c3c(OC)cccc3OC)C(=O)C(=O)N2c2ccc(C(C)C)cc2)c1. The maximum absolute atomic E-state index is 13.6. The third-order valence-corrected chi connectivity index (χ3v) is 6.43. The number of Topliss-reactive ketones (excluding diaryl/α,β-unsaturated/α-hetero) is 1. The Balaban J connectivity index is 1.98. The number of carbonyl (C=O) groups is 2. The summed E-state index contributed by atoms with van der Waals surface area (Å²) in [6.07, 6.45) is 0. The molecule has 0 aliphatic carbocycles. The minimum Gasteiger partial charge on any atom is -0.506 e. The number of amides is 1. The fraction of sp³-hybridized carbons (Fsp3) is 0.267. The summed E-state index contributed by atoms with van der Waals surface area (Å²) in [5.74, 6) is -0.389. The molecule has 1 amide bonds. The number of ketones is 1. The third-order valence-electron chi connectivity index (χ3n) is 6.43. The van der Waals surface area contributed by atoms with Crippen LogP contribution < -0.4 is 19.1 Å². The minimum atomic E-state index is -0.903. The van der Waals surface area contributed by atoms with E-state index in [0.717, 1.165) is 5.56 Å². The Hall–Kier alpha value is -4.26. The largest absolute Gasteiger partial charge is 0.506 e. The molecule has 1 N–H and O–H groups in total. The van der Waals surface area contributed by atoms with Crippen LogP contribution in [0.15, 0.2) is 72.3 Å². The summed E-state index contributed by atoms with van der Waals surface area (Å²) in [4.78, 5) is 28.5. The van der Waals surface area contributed by atoms with Crippen LogP contribution in [0.5, 0.6) is 17.2 Å². The lowest BCUT2D eigenvalue weighted by atomic mass is 9.94. The lowest BCUT2D eigenvalue weighted by molar-refractivity contribution is -0.132. The van der Waals surface area contributed by atoms with Crippen molar-refractivity contribution < 1.29 is 28.9 Å². The molecule has 7 nitrogen and oxygen atoms in total. The second kappa shape index (κ2) is 10.8. The van der Waals surface area contributed by atoms with Crippen LogP contribution in [-0.4, -0.2) is 37.6 Å². The number of carbonyl (C=O) groups excluding carboxylic acids is 2. The molecule has 192 valence electrons. The fourth-order valence-corrected chi connectivity index (χ4v) is 4.59. The zero-order chi connectivity index (χ0) is 26.7. The second-order valence-corrected chi connectivity index (χ2v) is 8.96. The van der Waals surface area contributed by atoms with Crippen molar-refractivity contribution in [1.82, 2.24) is 0 Å². The molecule has 1 fully saturated rings. The molecule has 0 aromatic heterocycles. The average Bonchev–Trinajstić information content (AvgIpc) is 3.18. The van der Waals surface area contributed by atoms with Gasteiger partial charge in [0.25, 0.3) is 11.7 Å². The van der Waals surface area contributed by atoms with Crippen molar-refractivity contribution >= 4 is 23.1 Å². The molecule has 0 spiro atoms. The van der Waals surface area contributed by atoms with Gasteiger partial charge in [-0.05, 0) is 60.4 Å². The predicted molar refractivity (Wildman–Crippen MR) is 142 cm³/mol. The van der Waals surface area contributed by atoms with Gasteiger partial charge in [-0.3, -0.25) is 14.5 Å². The molecule has 1 aliphatic rings. The first-order valence-electron chi connectivity index (χ1n) is 12.2. The van der Waals surface area contributed by atoms with Gasteiger partial charge in [0.15, 0.2) is 0 Å². The summed E-state index contributed by atoms with van der Waals surface area (Å²) in [7, 11) is 2.92. The van der Waals surface area contributed by atoms with Crippen LogP contribution in [0, 0.1) is 0 Å². The summed E-state index contributed by atoms with van der Waals surface area (Å²) >= 11 is 0. The topological polar surface area (TPSA) is 85.3 Å². The van der Waals surface area contributed by atoms with Gasteiger partial charge in [0.05, 0.1) is 32.4 Å². The Labute approximate surface area is 216 Å². The molecule has 1 atom stereocenters. The molecule has 1 unspecified atom stereocenters. The maximum Gasteiger partial charge on any atom is 0.300 e. The number of anilines is 1. The van der Waals surface area contributed by atoms with Gasteiger partial charge in [-0.1, -0.05) is 44.2 Å². The van der Waals surface area contributed by atoms with Gasteiger partial charge in [0.2, 0.25) is 0 Å². The van der Waals surface area contributed by atoms with E-state index in [4.69, 9.17) is 14.2 Å². The highest BCUT2D eigenvalue weighted by Gasteiger charge is 2.47. The van der Waals surface area contributed by atoms with E-state index in [2.05, 4.69) is 13.8 Å². The molecule has 1 heterocycles. The Morgan fingerprint density at radius 2 is 1.57 bits per heavy atom. The van der Waals surface area contributed by atoms with Gasteiger partial charge in [0, 0.05) is 5.69 Å². The molecule has 1 aliphatic heterocycles. The number of hydrogen-bond acceptors (Lipinski definition) is 6. The van der Waals surface area contributed by atoms with Crippen molar-refractivity contribution in [3.05, 3.63) is 89.0 Å². The van der Waals surface area contributed by atoms with Crippen LogP contribution in [0.25, 0.3) is 5.76 Å². The second-order valence-electron chi connectivity index (χ2n) is 8.96. The molecule has 3 aromatic rings. The Kier molecular flexibility index (Phi) is 7.53. The van der Waals surface area contributed by atoms with Crippen LogP contribution in [0.1, 0.15) is 49.4 Å². The van der Waals surface area contributed by atoms with Gasteiger partial charge in [-0.25, -0.2) is 0 Å². The molecular weight excluding hydrogens is 470 g/mol. The van der Waals surface area contributed by atoms with Crippen molar-refractivity contribution in [2.45, 2.75) is 32.7 Å². The Morgan fingerprint density at radius 3 is 2.14 bits per heavy atom. The number of nitrogens with zero attached hydrogens (tertiary/aromatic N) is 1. The highest BCUT2D eigenvalue weighted by atomic mass is 16.5. The Morgan fingerprint density at radius 1 is 0.946 bits per heavy atom. The smallest absolute Gasteiger partial charge is 0.300 e. The minimum absolute atomic E-state index is 0.0608. The first-order valence-corrected chi connectivity index (χ1v) is 12.2. The molecular formula is C30H31NO6. The number of aliphatic hydroxyl groups excluding tert-OH is 1. The maximum atomic E-state index is 13.6. The van der Waals surface area contributed by atoms with E-state index >= 15 is 0 Å². The van der Waals surface area contributed by atoms with E-state index in [-0.39, 0.29) is 16.9 Å². The van der Waals surface area contributed by atoms with Crippen LogP contribution >= 0.6 is 0 Å². The van der Waals surface area contributed by atoms with Gasteiger partial charge in [-0.2, -0.15) is 0 Å². The van der Waals surface area contributed by atoms with Crippen molar-refractivity contribution in [3.63, 3.8) is 0 Å². The van der Waals surface area contributed by atoms with E-state index in [1.165, 1.54) is 19.1 Å². The lowest BCUT2D eigenvalue weighted by Gasteiger charge is -2.26. The molecule has 3 aromatic carbocycles.